The quantitative estimate of drug-likeness (QED) is 0.740. The normalized spacial score (nSPS) is 10.2. The molecule has 0 aromatic carbocycles. The van der Waals surface area contributed by atoms with E-state index in [2.05, 4.69) is 16.7 Å². The van der Waals surface area contributed by atoms with E-state index in [4.69, 9.17) is 4.74 Å². The number of ether oxygens (including phenoxy) is 1. The van der Waals surface area contributed by atoms with Gasteiger partial charge in [0.15, 0.2) is 5.82 Å². The zero-order valence-electron chi connectivity index (χ0n) is 9.84. The van der Waals surface area contributed by atoms with Crippen molar-refractivity contribution in [2.24, 2.45) is 0 Å². The Hall–Kier alpha value is -2.10. The maximum absolute atomic E-state index is 5.45. The van der Waals surface area contributed by atoms with Crippen LogP contribution in [0, 0.1) is 0 Å². The Kier molecular flexibility index (Phi) is 3.55. The topological polar surface area (TPSA) is 39.9 Å². The highest BCUT2D eigenvalue weighted by molar-refractivity contribution is 5.24. The minimum atomic E-state index is 0.513. The average molecular weight is 229 g/mol. The van der Waals surface area contributed by atoms with Gasteiger partial charge in [0, 0.05) is 30.6 Å². The molecule has 0 spiro atoms. The molecule has 0 aliphatic rings. The fraction of sp³-hybridized carbons (Fsp3) is 0.231. The predicted octanol–water partition coefficient (Wildman–Crippen LogP) is 2.71. The summed E-state index contributed by atoms with van der Waals surface area (Å²) in [5.74, 6) is 1.59. The summed E-state index contributed by atoms with van der Waals surface area (Å²) in [6, 6.07) is 5.76. The molecular formula is C13H15N3O. The number of aromatic nitrogens is 3. The third kappa shape index (κ3) is 2.93. The molecule has 4 heteroatoms. The molecule has 2 rings (SSSR count). The number of allylic oxidation sites excluding steroid dienone is 1. The first-order chi connectivity index (χ1) is 8.29. The van der Waals surface area contributed by atoms with Gasteiger partial charge in [0.25, 0.3) is 0 Å². The van der Waals surface area contributed by atoms with E-state index in [0.717, 1.165) is 23.6 Å². The van der Waals surface area contributed by atoms with Gasteiger partial charge in [-0.25, -0.2) is 9.67 Å². The summed E-state index contributed by atoms with van der Waals surface area (Å²) < 4.78 is 7.17. The van der Waals surface area contributed by atoms with Gasteiger partial charge < -0.3 is 4.74 Å². The van der Waals surface area contributed by atoms with Gasteiger partial charge >= 0.3 is 0 Å². The standard InChI is InChI=1S/C13H15N3O/c1-3-11(2)17-10-12-5-6-13(14-9-12)16-8-4-7-15-16/h4-9H,2-3,10H2,1H3. The van der Waals surface area contributed by atoms with Gasteiger partial charge in [-0.05, 0) is 12.1 Å². The predicted molar refractivity (Wildman–Crippen MR) is 65.6 cm³/mol. The summed E-state index contributed by atoms with van der Waals surface area (Å²) in [7, 11) is 0. The number of nitrogens with zero attached hydrogens (tertiary/aromatic N) is 3. The van der Waals surface area contributed by atoms with Crippen LogP contribution < -0.4 is 0 Å². The molecule has 2 aromatic heterocycles. The highest BCUT2D eigenvalue weighted by Gasteiger charge is 1.99. The Morgan fingerprint density at radius 1 is 1.47 bits per heavy atom. The molecule has 0 fully saturated rings. The fourth-order valence-corrected chi connectivity index (χ4v) is 1.33. The average Bonchev–Trinajstić information content (AvgIpc) is 2.90. The molecule has 2 heterocycles. The summed E-state index contributed by atoms with van der Waals surface area (Å²) >= 11 is 0. The van der Waals surface area contributed by atoms with Crippen LogP contribution in [0.15, 0.2) is 49.1 Å². The van der Waals surface area contributed by atoms with Gasteiger partial charge in [0.05, 0.1) is 5.76 Å². The second kappa shape index (κ2) is 5.30. The lowest BCUT2D eigenvalue weighted by atomic mass is 10.3. The highest BCUT2D eigenvalue weighted by Crippen LogP contribution is 2.08. The smallest absolute Gasteiger partial charge is 0.153 e. The van der Waals surface area contributed by atoms with Crippen LogP contribution >= 0.6 is 0 Å². The molecular weight excluding hydrogens is 214 g/mol. The van der Waals surface area contributed by atoms with Crippen LogP contribution in [-0.2, 0) is 11.3 Å². The molecule has 2 aromatic rings. The Morgan fingerprint density at radius 3 is 2.94 bits per heavy atom. The van der Waals surface area contributed by atoms with Crippen LogP contribution in [-0.4, -0.2) is 14.8 Å². The van der Waals surface area contributed by atoms with E-state index in [1.807, 2.05) is 31.3 Å². The SMILES string of the molecule is C=C(CC)OCc1ccc(-n2cccn2)nc1. The zero-order valence-corrected chi connectivity index (χ0v) is 9.84. The molecule has 17 heavy (non-hydrogen) atoms. The minimum Gasteiger partial charge on any atom is -0.494 e. The Labute approximate surface area is 101 Å². The molecule has 88 valence electrons. The molecule has 0 bridgehead atoms. The third-order valence-corrected chi connectivity index (χ3v) is 2.39. The Bertz CT molecular complexity index is 474. The van der Waals surface area contributed by atoms with Crippen molar-refractivity contribution >= 4 is 0 Å². The largest absolute Gasteiger partial charge is 0.494 e. The second-order valence-electron chi connectivity index (χ2n) is 3.66. The van der Waals surface area contributed by atoms with E-state index >= 15 is 0 Å². The van der Waals surface area contributed by atoms with Crippen LogP contribution in [0.3, 0.4) is 0 Å². The first-order valence-corrected chi connectivity index (χ1v) is 5.55. The van der Waals surface area contributed by atoms with Crippen molar-refractivity contribution in [2.75, 3.05) is 0 Å². The van der Waals surface area contributed by atoms with E-state index in [9.17, 15) is 0 Å². The van der Waals surface area contributed by atoms with Gasteiger partial charge in [0.2, 0.25) is 0 Å². The van der Waals surface area contributed by atoms with Crippen LogP contribution in [0.1, 0.15) is 18.9 Å². The maximum atomic E-state index is 5.45. The van der Waals surface area contributed by atoms with E-state index in [0.29, 0.717) is 6.61 Å². The molecule has 0 aliphatic carbocycles. The van der Waals surface area contributed by atoms with Crippen molar-refractivity contribution in [1.29, 1.82) is 0 Å². The van der Waals surface area contributed by atoms with Crippen LogP contribution in [0.2, 0.25) is 0 Å². The summed E-state index contributed by atoms with van der Waals surface area (Å²) in [6.45, 7) is 6.32. The van der Waals surface area contributed by atoms with Crippen molar-refractivity contribution in [3.63, 3.8) is 0 Å². The second-order valence-corrected chi connectivity index (χ2v) is 3.66. The fourth-order valence-electron chi connectivity index (χ4n) is 1.33. The van der Waals surface area contributed by atoms with E-state index in [1.165, 1.54) is 0 Å². The van der Waals surface area contributed by atoms with Crippen molar-refractivity contribution in [2.45, 2.75) is 20.0 Å². The van der Waals surface area contributed by atoms with Crippen molar-refractivity contribution < 1.29 is 4.74 Å². The summed E-state index contributed by atoms with van der Waals surface area (Å²) in [5, 5.41) is 4.11. The Balaban J connectivity index is 2.01. The number of rotatable bonds is 5. The van der Waals surface area contributed by atoms with Gasteiger partial charge in [0.1, 0.15) is 6.61 Å². The summed E-state index contributed by atoms with van der Waals surface area (Å²) in [5.41, 5.74) is 1.02. The first-order valence-electron chi connectivity index (χ1n) is 5.55. The van der Waals surface area contributed by atoms with Crippen LogP contribution in [0.4, 0.5) is 0 Å². The summed E-state index contributed by atoms with van der Waals surface area (Å²) in [6.07, 6.45) is 6.21. The zero-order chi connectivity index (χ0) is 12.1. The highest BCUT2D eigenvalue weighted by atomic mass is 16.5. The van der Waals surface area contributed by atoms with E-state index in [1.54, 1.807) is 17.1 Å². The molecule has 0 amide bonds. The van der Waals surface area contributed by atoms with Gasteiger partial charge in [-0.15, -0.1) is 0 Å². The maximum Gasteiger partial charge on any atom is 0.153 e. The van der Waals surface area contributed by atoms with Crippen LogP contribution in [0.5, 0.6) is 0 Å². The molecule has 0 atom stereocenters. The molecule has 0 radical (unpaired) electrons. The first kappa shape index (κ1) is 11.4. The van der Waals surface area contributed by atoms with Crippen molar-refractivity contribution in [1.82, 2.24) is 14.8 Å². The monoisotopic (exact) mass is 229 g/mol. The molecule has 0 aliphatic heterocycles. The lowest BCUT2D eigenvalue weighted by Gasteiger charge is -2.07. The third-order valence-electron chi connectivity index (χ3n) is 2.39. The van der Waals surface area contributed by atoms with Crippen molar-refractivity contribution in [3.05, 3.63) is 54.7 Å². The van der Waals surface area contributed by atoms with Crippen LogP contribution in [0.25, 0.3) is 5.82 Å². The molecule has 0 unspecified atom stereocenters. The van der Waals surface area contributed by atoms with Gasteiger partial charge in [-0.1, -0.05) is 19.6 Å². The van der Waals surface area contributed by atoms with Gasteiger partial charge in [-0.3, -0.25) is 0 Å². The molecule has 0 saturated carbocycles. The molecule has 4 nitrogen and oxygen atoms in total. The van der Waals surface area contributed by atoms with Crippen molar-refractivity contribution in [3.8, 4) is 5.82 Å². The van der Waals surface area contributed by atoms with Gasteiger partial charge in [-0.2, -0.15) is 5.10 Å². The van der Waals surface area contributed by atoms with E-state index < -0.39 is 0 Å². The number of hydrogen-bond donors (Lipinski definition) is 0. The number of hydrogen-bond acceptors (Lipinski definition) is 3. The lowest BCUT2D eigenvalue weighted by molar-refractivity contribution is 0.192. The van der Waals surface area contributed by atoms with E-state index in [-0.39, 0.29) is 0 Å². The molecule has 0 N–H and O–H groups in total. The summed E-state index contributed by atoms with van der Waals surface area (Å²) in [4.78, 5) is 4.32. The number of pyridine rings is 1. The Morgan fingerprint density at radius 2 is 2.35 bits per heavy atom. The lowest BCUT2D eigenvalue weighted by Crippen LogP contribution is -1.99. The minimum absolute atomic E-state index is 0.513. The molecule has 0 saturated heterocycles.